The summed E-state index contributed by atoms with van der Waals surface area (Å²) in [5, 5.41) is 7.05. The second-order valence-corrected chi connectivity index (χ2v) is 5.89. The van der Waals surface area contributed by atoms with E-state index in [4.69, 9.17) is 4.84 Å². The molecule has 1 heterocycles. The van der Waals surface area contributed by atoms with Crippen molar-refractivity contribution in [1.29, 1.82) is 0 Å². The summed E-state index contributed by atoms with van der Waals surface area (Å²) < 4.78 is 0. The Morgan fingerprint density at radius 1 is 1.13 bits per heavy atom. The van der Waals surface area contributed by atoms with Crippen LogP contribution >= 0.6 is 0 Å². The van der Waals surface area contributed by atoms with Gasteiger partial charge < -0.3 is 10.2 Å². The number of amides is 1. The predicted molar refractivity (Wildman–Crippen MR) is 90.2 cm³/mol. The van der Waals surface area contributed by atoms with Gasteiger partial charge in [0.1, 0.15) is 0 Å². The third kappa shape index (κ3) is 3.59. The highest BCUT2D eigenvalue weighted by atomic mass is 16.7. The summed E-state index contributed by atoms with van der Waals surface area (Å²) in [5.41, 5.74) is 2.08. The third-order valence-corrected chi connectivity index (χ3v) is 3.99. The number of rotatable bonds is 5. The molecule has 1 atom stereocenters. The molecule has 2 aromatic carbocycles. The van der Waals surface area contributed by atoms with Crippen LogP contribution < -0.4 is 5.32 Å². The smallest absolute Gasteiger partial charge is 0.267 e. The number of hydrogen-bond donors (Lipinski definition) is 1. The van der Waals surface area contributed by atoms with Crippen molar-refractivity contribution in [2.24, 2.45) is 5.16 Å². The molecule has 0 unspecified atom stereocenters. The minimum absolute atomic E-state index is 0.122. The van der Waals surface area contributed by atoms with E-state index in [1.54, 1.807) is 6.92 Å². The maximum atomic E-state index is 12.4. The quantitative estimate of drug-likeness (QED) is 0.923. The van der Waals surface area contributed by atoms with Crippen LogP contribution in [-0.2, 0) is 16.1 Å². The van der Waals surface area contributed by atoms with Gasteiger partial charge in [-0.1, -0.05) is 65.8 Å². The monoisotopic (exact) mass is 308 g/mol. The molecule has 0 fully saturated rings. The van der Waals surface area contributed by atoms with Gasteiger partial charge >= 0.3 is 0 Å². The van der Waals surface area contributed by atoms with Gasteiger partial charge in [0.05, 0.1) is 5.71 Å². The molecule has 0 saturated heterocycles. The van der Waals surface area contributed by atoms with Gasteiger partial charge in [0.15, 0.2) is 0 Å². The first kappa shape index (κ1) is 15.3. The fraction of sp³-hybridized carbons (Fsp3) is 0.263. The molecular formula is C19H20N2O2. The maximum Gasteiger partial charge on any atom is 0.267 e. The van der Waals surface area contributed by atoms with E-state index in [-0.39, 0.29) is 5.91 Å². The van der Waals surface area contributed by atoms with E-state index in [0.29, 0.717) is 13.0 Å². The van der Waals surface area contributed by atoms with Crippen LogP contribution in [0.2, 0.25) is 0 Å². The summed E-state index contributed by atoms with van der Waals surface area (Å²) in [6.07, 6.45) is 1.28. The first-order chi connectivity index (χ1) is 11.2. The number of carbonyl (C=O) groups excluding carboxylic acids is 1. The molecule has 4 nitrogen and oxygen atoms in total. The molecule has 1 N–H and O–H groups in total. The van der Waals surface area contributed by atoms with E-state index in [1.807, 2.05) is 48.5 Å². The Balaban J connectivity index is 1.54. The summed E-state index contributed by atoms with van der Waals surface area (Å²) >= 11 is 0. The molecule has 2 aromatic rings. The minimum atomic E-state index is -0.929. The summed E-state index contributed by atoms with van der Waals surface area (Å²) in [6, 6.07) is 19.9. The van der Waals surface area contributed by atoms with Crippen molar-refractivity contribution in [2.75, 3.05) is 6.54 Å². The van der Waals surface area contributed by atoms with Gasteiger partial charge in [-0.3, -0.25) is 4.79 Å². The number of nitrogens with zero attached hydrogens (tertiary/aromatic N) is 1. The van der Waals surface area contributed by atoms with Crippen molar-refractivity contribution >= 4 is 11.6 Å². The topological polar surface area (TPSA) is 50.7 Å². The van der Waals surface area contributed by atoms with Gasteiger partial charge in [0, 0.05) is 13.0 Å². The lowest BCUT2D eigenvalue weighted by molar-refractivity contribution is -0.141. The average molecular weight is 308 g/mol. The van der Waals surface area contributed by atoms with Gasteiger partial charge in [-0.15, -0.1) is 0 Å². The second-order valence-electron chi connectivity index (χ2n) is 5.89. The summed E-state index contributed by atoms with van der Waals surface area (Å²) in [7, 11) is 0. The van der Waals surface area contributed by atoms with E-state index in [2.05, 4.69) is 22.6 Å². The zero-order valence-corrected chi connectivity index (χ0v) is 13.2. The fourth-order valence-corrected chi connectivity index (χ4v) is 2.60. The van der Waals surface area contributed by atoms with Crippen molar-refractivity contribution in [3.05, 3.63) is 71.8 Å². The SMILES string of the molecule is C[C@]1(C(=O)NCCc2ccccc2)CC(c2ccccc2)=NO1. The molecular weight excluding hydrogens is 288 g/mol. The van der Waals surface area contributed by atoms with Crippen LogP contribution in [0, 0.1) is 0 Å². The lowest BCUT2D eigenvalue weighted by atomic mass is 9.95. The Morgan fingerprint density at radius 3 is 2.48 bits per heavy atom. The van der Waals surface area contributed by atoms with Crippen LogP contribution in [0.4, 0.5) is 0 Å². The molecule has 0 aromatic heterocycles. The number of nitrogens with one attached hydrogen (secondary N) is 1. The number of benzene rings is 2. The number of carbonyl (C=O) groups is 1. The molecule has 1 aliphatic heterocycles. The van der Waals surface area contributed by atoms with Crippen LogP contribution in [0.1, 0.15) is 24.5 Å². The van der Waals surface area contributed by atoms with E-state index in [0.717, 1.165) is 17.7 Å². The van der Waals surface area contributed by atoms with Crippen LogP contribution in [0.5, 0.6) is 0 Å². The molecule has 4 heteroatoms. The highest BCUT2D eigenvalue weighted by Gasteiger charge is 2.41. The molecule has 1 amide bonds. The number of oxime groups is 1. The fourth-order valence-electron chi connectivity index (χ4n) is 2.60. The highest BCUT2D eigenvalue weighted by Crippen LogP contribution is 2.26. The summed E-state index contributed by atoms with van der Waals surface area (Å²) in [6.45, 7) is 2.37. The Kier molecular flexibility index (Phi) is 4.42. The van der Waals surface area contributed by atoms with Crippen molar-refractivity contribution in [1.82, 2.24) is 5.32 Å². The highest BCUT2D eigenvalue weighted by molar-refractivity contribution is 6.05. The van der Waals surface area contributed by atoms with Gasteiger partial charge in [0.2, 0.25) is 5.60 Å². The Morgan fingerprint density at radius 2 is 1.78 bits per heavy atom. The zero-order chi connectivity index (χ0) is 16.1. The van der Waals surface area contributed by atoms with E-state index in [1.165, 1.54) is 5.56 Å². The summed E-state index contributed by atoms with van der Waals surface area (Å²) in [5.74, 6) is -0.122. The molecule has 0 aliphatic carbocycles. The first-order valence-electron chi connectivity index (χ1n) is 7.80. The van der Waals surface area contributed by atoms with Crippen molar-refractivity contribution in [2.45, 2.75) is 25.4 Å². The van der Waals surface area contributed by atoms with Gasteiger partial charge in [0.25, 0.3) is 5.91 Å². The first-order valence-corrected chi connectivity index (χ1v) is 7.80. The predicted octanol–water partition coefficient (Wildman–Crippen LogP) is 2.93. The lowest BCUT2D eigenvalue weighted by Crippen LogP contribution is -2.45. The van der Waals surface area contributed by atoms with Crippen LogP contribution in [-0.4, -0.2) is 23.8 Å². The van der Waals surface area contributed by atoms with Gasteiger partial charge in [-0.05, 0) is 24.5 Å². The molecule has 0 spiro atoms. The second kappa shape index (κ2) is 6.65. The molecule has 0 saturated carbocycles. The zero-order valence-electron chi connectivity index (χ0n) is 13.2. The van der Waals surface area contributed by atoms with E-state index in [9.17, 15) is 4.79 Å². The summed E-state index contributed by atoms with van der Waals surface area (Å²) in [4.78, 5) is 17.9. The van der Waals surface area contributed by atoms with E-state index < -0.39 is 5.60 Å². The molecule has 1 aliphatic rings. The van der Waals surface area contributed by atoms with Crippen molar-refractivity contribution < 1.29 is 9.63 Å². The van der Waals surface area contributed by atoms with E-state index >= 15 is 0 Å². The lowest BCUT2D eigenvalue weighted by Gasteiger charge is -2.20. The molecule has 23 heavy (non-hydrogen) atoms. The van der Waals surface area contributed by atoms with Crippen molar-refractivity contribution in [3.8, 4) is 0 Å². The third-order valence-electron chi connectivity index (χ3n) is 3.99. The standard InChI is InChI=1S/C19H20N2O2/c1-19(14-17(21-23-19)16-10-6-3-7-11-16)18(22)20-13-12-15-8-4-2-5-9-15/h2-11H,12-14H2,1H3,(H,20,22)/t19-/m1/s1. The van der Waals surface area contributed by atoms with Crippen LogP contribution in [0.3, 0.4) is 0 Å². The van der Waals surface area contributed by atoms with Gasteiger partial charge in [-0.2, -0.15) is 0 Å². The molecule has 3 rings (SSSR count). The molecule has 118 valence electrons. The van der Waals surface area contributed by atoms with Crippen molar-refractivity contribution in [3.63, 3.8) is 0 Å². The van der Waals surface area contributed by atoms with Gasteiger partial charge in [-0.25, -0.2) is 0 Å². The molecule has 0 bridgehead atoms. The van der Waals surface area contributed by atoms with Crippen LogP contribution in [0.15, 0.2) is 65.8 Å². The Hall–Kier alpha value is -2.62. The average Bonchev–Trinajstić information content (AvgIpc) is 3.00. The number of hydrogen-bond acceptors (Lipinski definition) is 3. The maximum absolute atomic E-state index is 12.4. The Labute approximate surface area is 136 Å². The molecule has 0 radical (unpaired) electrons. The minimum Gasteiger partial charge on any atom is -0.379 e. The Bertz CT molecular complexity index is 698. The normalized spacial score (nSPS) is 19.8. The largest absolute Gasteiger partial charge is 0.379 e. The van der Waals surface area contributed by atoms with Crippen LogP contribution in [0.25, 0.3) is 0 Å².